The SMILES string of the molecule is CCN1CCN(Cc2csc(Nc3ccc(C)cc3)n2)CC1. The molecule has 0 atom stereocenters. The normalized spacial score (nSPS) is 16.8. The van der Waals surface area contributed by atoms with E-state index in [9.17, 15) is 0 Å². The first-order valence-corrected chi connectivity index (χ1v) is 8.83. The molecule has 22 heavy (non-hydrogen) atoms. The van der Waals surface area contributed by atoms with Crippen molar-refractivity contribution in [3.8, 4) is 0 Å². The second kappa shape index (κ2) is 7.22. The number of thiazole rings is 1. The highest BCUT2D eigenvalue weighted by Crippen LogP contribution is 2.22. The molecule has 0 radical (unpaired) electrons. The van der Waals surface area contributed by atoms with Gasteiger partial charge in [0.1, 0.15) is 0 Å². The molecule has 0 unspecified atom stereocenters. The third-order valence-electron chi connectivity index (χ3n) is 4.15. The predicted octanol–water partition coefficient (Wildman–Crippen LogP) is 3.33. The monoisotopic (exact) mass is 316 g/mol. The molecule has 0 bridgehead atoms. The lowest BCUT2D eigenvalue weighted by atomic mass is 10.2. The molecule has 0 saturated carbocycles. The fourth-order valence-electron chi connectivity index (χ4n) is 2.69. The molecule has 1 fully saturated rings. The minimum Gasteiger partial charge on any atom is -0.332 e. The van der Waals surface area contributed by atoms with Crippen molar-refractivity contribution in [1.29, 1.82) is 0 Å². The first kappa shape index (κ1) is 15.5. The van der Waals surface area contributed by atoms with Gasteiger partial charge in [0.2, 0.25) is 0 Å². The van der Waals surface area contributed by atoms with Crippen LogP contribution in [-0.2, 0) is 6.54 Å². The van der Waals surface area contributed by atoms with Crippen LogP contribution in [0.3, 0.4) is 0 Å². The Morgan fingerprint density at radius 2 is 1.77 bits per heavy atom. The molecule has 1 N–H and O–H groups in total. The minimum absolute atomic E-state index is 0.962. The Morgan fingerprint density at radius 3 is 2.45 bits per heavy atom. The number of anilines is 2. The highest BCUT2D eigenvalue weighted by Gasteiger charge is 2.16. The molecule has 0 amide bonds. The van der Waals surface area contributed by atoms with Gasteiger partial charge in [-0.2, -0.15) is 0 Å². The molecular formula is C17H24N4S. The minimum atomic E-state index is 0.962. The first-order chi connectivity index (χ1) is 10.7. The fourth-order valence-corrected chi connectivity index (χ4v) is 3.41. The number of piperazine rings is 1. The maximum Gasteiger partial charge on any atom is 0.187 e. The summed E-state index contributed by atoms with van der Waals surface area (Å²) in [5.41, 5.74) is 3.55. The van der Waals surface area contributed by atoms with Crippen molar-refractivity contribution in [3.63, 3.8) is 0 Å². The summed E-state index contributed by atoms with van der Waals surface area (Å²) in [5.74, 6) is 0. The first-order valence-electron chi connectivity index (χ1n) is 7.96. The third kappa shape index (κ3) is 4.06. The van der Waals surface area contributed by atoms with Gasteiger partial charge in [-0.05, 0) is 25.6 Å². The van der Waals surface area contributed by atoms with E-state index >= 15 is 0 Å². The lowest BCUT2D eigenvalue weighted by Crippen LogP contribution is -2.45. The zero-order valence-electron chi connectivity index (χ0n) is 13.4. The molecule has 4 nitrogen and oxygen atoms in total. The van der Waals surface area contributed by atoms with Crippen molar-refractivity contribution in [2.24, 2.45) is 0 Å². The van der Waals surface area contributed by atoms with E-state index in [1.807, 2.05) is 0 Å². The van der Waals surface area contributed by atoms with Crippen molar-refractivity contribution in [3.05, 3.63) is 40.9 Å². The molecular weight excluding hydrogens is 292 g/mol. The van der Waals surface area contributed by atoms with Gasteiger partial charge in [0.25, 0.3) is 0 Å². The maximum atomic E-state index is 4.71. The molecule has 2 heterocycles. The van der Waals surface area contributed by atoms with Crippen LogP contribution in [0.4, 0.5) is 10.8 Å². The van der Waals surface area contributed by atoms with E-state index in [-0.39, 0.29) is 0 Å². The second-order valence-corrected chi connectivity index (χ2v) is 6.70. The Bertz CT molecular complexity index is 585. The van der Waals surface area contributed by atoms with E-state index in [0.29, 0.717) is 0 Å². The smallest absolute Gasteiger partial charge is 0.187 e. The number of aromatic nitrogens is 1. The molecule has 3 rings (SSSR count). The number of nitrogens with one attached hydrogen (secondary N) is 1. The van der Waals surface area contributed by atoms with Gasteiger partial charge in [0, 0.05) is 43.8 Å². The standard InChI is InChI=1S/C17H24N4S/c1-3-20-8-10-21(11-9-20)12-16-13-22-17(19-16)18-15-6-4-14(2)5-7-15/h4-7,13H,3,8-12H2,1-2H3,(H,18,19). The maximum absolute atomic E-state index is 4.71. The van der Waals surface area contributed by atoms with Gasteiger partial charge in [0.05, 0.1) is 5.69 Å². The third-order valence-corrected chi connectivity index (χ3v) is 4.96. The van der Waals surface area contributed by atoms with Crippen molar-refractivity contribution >= 4 is 22.2 Å². The van der Waals surface area contributed by atoms with Crippen molar-refractivity contribution in [2.75, 3.05) is 38.0 Å². The van der Waals surface area contributed by atoms with Crippen LogP contribution in [0.15, 0.2) is 29.6 Å². The lowest BCUT2D eigenvalue weighted by Gasteiger charge is -2.33. The quantitative estimate of drug-likeness (QED) is 0.917. The Hall–Kier alpha value is -1.43. The average Bonchev–Trinajstić information content (AvgIpc) is 2.97. The Kier molecular flexibility index (Phi) is 5.08. The van der Waals surface area contributed by atoms with Crippen LogP contribution in [0.2, 0.25) is 0 Å². The summed E-state index contributed by atoms with van der Waals surface area (Å²) in [5, 5.41) is 6.53. The van der Waals surface area contributed by atoms with E-state index in [1.54, 1.807) is 11.3 Å². The molecule has 118 valence electrons. The summed E-state index contributed by atoms with van der Waals surface area (Å²) in [6.45, 7) is 11.1. The molecule has 5 heteroatoms. The number of rotatable bonds is 5. The van der Waals surface area contributed by atoms with Crippen LogP contribution in [0.1, 0.15) is 18.2 Å². The van der Waals surface area contributed by atoms with Gasteiger partial charge >= 0.3 is 0 Å². The highest BCUT2D eigenvalue weighted by atomic mass is 32.1. The Balaban J connectivity index is 1.54. The van der Waals surface area contributed by atoms with Crippen LogP contribution in [-0.4, -0.2) is 47.5 Å². The molecule has 1 aliphatic heterocycles. The van der Waals surface area contributed by atoms with Gasteiger partial charge in [-0.3, -0.25) is 4.90 Å². The van der Waals surface area contributed by atoms with Gasteiger partial charge in [-0.1, -0.05) is 24.6 Å². The molecule has 0 aliphatic carbocycles. The number of hydrogen-bond acceptors (Lipinski definition) is 5. The van der Waals surface area contributed by atoms with Crippen molar-refractivity contribution in [2.45, 2.75) is 20.4 Å². The van der Waals surface area contributed by atoms with Gasteiger partial charge < -0.3 is 10.2 Å². The number of nitrogens with zero attached hydrogens (tertiary/aromatic N) is 3. The number of aryl methyl sites for hydroxylation is 1. The van der Waals surface area contributed by atoms with E-state index in [4.69, 9.17) is 4.98 Å². The highest BCUT2D eigenvalue weighted by molar-refractivity contribution is 7.13. The van der Waals surface area contributed by atoms with Crippen molar-refractivity contribution < 1.29 is 0 Å². The molecule has 0 spiro atoms. The summed E-state index contributed by atoms with van der Waals surface area (Å²) >= 11 is 1.68. The average molecular weight is 316 g/mol. The summed E-state index contributed by atoms with van der Waals surface area (Å²) < 4.78 is 0. The van der Waals surface area contributed by atoms with Crippen molar-refractivity contribution in [1.82, 2.24) is 14.8 Å². The topological polar surface area (TPSA) is 31.4 Å². The molecule has 1 aromatic heterocycles. The van der Waals surface area contributed by atoms with E-state index in [0.717, 1.165) is 37.0 Å². The summed E-state index contributed by atoms with van der Waals surface area (Å²) in [6.07, 6.45) is 0. The zero-order valence-corrected chi connectivity index (χ0v) is 14.2. The Morgan fingerprint density at radius 1 is 1.09 bits per heavy atom. The largest absolute Gasteiger partial charge is 0.332 e. The number of hydrogen-bond donors (Lipinski definition) is 1. The lowest BCUT2D eigenvalue weighted by molar-refractivity contribution is 0.131. The van der Waals surface area contributed by atoms with Gasteiger partial charge in [-0.15, -0.1) is 11.3 Å². The molecule has 2 aromatic rings. The van der Waals surface area contributed by atoms with Crippen LogP contribution in [0, 0.1) is 6.92 Å². The summed E-state index contributed by atoms with van der Waals surface area (Å²) in [7, 11) is 0. The van der Waals surface area contributed by atoms with E-state index < -0.39 is 0 Å². The van der Waals surface area contributed by atoms with Gasteiger partial charge in [-0.25, -0.2) is 4.98 Å². The van der Waals surface area contributed by atoms with Crippen LogP contribution >= 0.6 is 11.3 Å². The van der Waals surface area contributed by atoms with Crippen LogP contribution in [0.25, 0.3) is 0 Å². The molecule has 1 aromatic carbocycles. The zero-order chi connectivity index (χ0) is 15.4. The number of benzene rings is 1. The van der Waals surface area contributed by atoms with E-state index in [2.05, 4.69) is 58.6 Å². The fraction of sp³-hybridized carbons (Fsp3) is 0.471. The summed E-state index contributed by atoms with van der Waals surface area (Å²) in [4.78, 5) is 9.71. The molecule has 1 aliphatic rings. The van der Waals surface area contributed by atoms with Crippen LogP contribution < -0.4 is 5.32 Å². The van der Waals surface area contributed by atoms with E-state index in [1.165, 1.54) is 24.3 Å². The second-order valence-electron chi connectivity index (χ2n) is 5.85. The Labute approximate surface area is 136 Å². The van der Waals surface area contributed by atoms with Crippen LogP contribution in [0.5, 0.6) is 0 Å². The molecule has 1 saturated heterocycles. The number of likely N-dealkylation sites (N-methyl/N-ethyl adjacent to an activating group) is 1. The van der Waals surface area contributed by atoms with Gasteiger partial charge in [0.15, 0.2) is 5.13 Å². The predicted molar refractivity (Wildman–Crippen MR) is 94.0 cm³/mol. The summed E-state index contributed by atoms with van der Waals surface area (Å²) in [6, 6.07) is 8.43.